The number of hydrogen-bond acceptors (Lipinski definition) is 6. The third-order valence-electron chi connectivity index (χ3n) is 5.08. The molecule has 0 amide bonds. The largest absolute Gasteiger partial charge is 0.330 e. The van der Waals surface area contributed by atoms with Crippen molar-refractivity contribution in [1.82, 2.24) is 34.4 Å². The van der Waals surface area contributed by atoms with E-state index >= 15 is 0 Å². The molecule has 7 heteroatoms. The van der Waals surface area contributed by atoms with Gasteiger partial charge in [-0.15, -0.1) is 0 Å². The van der Waals surface area contributed by atoms with Crippen LogP contribution in [0.1, 0.15) is 36.0 Å². The van der Waals surface area contributed by atoms with Crippen LogP contribution in [0, 0.1) is 6.92 Å². The summed E-state index contributed by atoms with van der Waals surface area (Å²) in [5.41, 5.74) is 4.05. The average molecular weight is 349 g/mol. The standard InChI is InChI=1S/C19H23N7/c1-14-24-11-17(25(14)2)19-18(22-7-8-23-19)15-4-3-9-26(12-15)13-16-10-20-5-6-21-16/h5-8,10-11,15H,3-4,9,12-13H2,1-2H3/t15-/m0/s1. The number of hydrogen-bond donors (Lipinski definition) is 0. The molecule has 1 aliphatic heterocycles. The average Bonchev–Trinajstić information content (AvgIpc) is 3.01. The first kappa shape index (κ1) is 16.8. The zero-order chi connectivity index (χ0) is 17.9. The van der Waals surface area contributed by atoms with Crippen LogP contribution in [-0.2, 0) is 13.6 Å². The first-order chi connectivity index (χ1) is 12.7. The van der Waals surface area contributed by atoms with Crippen LogP contribution in [0.25, 0.3) is 11.4 Å². The molecule has 134 valence electrons. The van der Waals surface area contributed by atoms with Crippen LogP contribution >= 0.6 is 0 Å². The second kappa shape index (κ2) is 7.29. The lowest BCUT2D eigenvalue weighted by molar-refractivity contribution is 0.196. The predicted octanol–water partition coefficient (Wildman–Crippen LogP) is 2.36. The van der Waals surface area contributed by atoms with Gasteiger partial charge in [-0.05, 0) is 26.3 Å². The van der Waals surface area contributed by atoms with Crippen molar-refractivity contribution >= 4 is 0 Å². The summed E-state index contributed by atoms with van der Waals surface area (Å²) in [5.74, 6) is 1.34. The van der Waals surface area contributed by atoms with Gasteiger partial charge in [0, 0.05) is 57.0 Å². The Labute approximate surface area is 153 Å². The van der Waals surface area contributed by atoms with E-state index in [9.17, 15) is 0 Å². The molecule has 0 spiro atoms. The summed E-state index contributed by atoms with van der Waals surface area (Å²) in [6.07, 6.45) is 13.0. The highest BCUT2D eigenvalue weighted by molar-refractivity contribution is 5.58. The highest BCUT2D eigenvalue weighted by atomic mass is 15.1. The van der Waals surface area contributed by atoms with E-state index in [1.54, 1.807) is 24.8 Å². The summed E-state index contributed by atoms with van der Waals surface area (Å²) in [7, 11) is 2.03. The molecular weight excluding hydrogens is 326 g/mol. The molecule has 0 aliphatic carbocycles. The molecule has 26 heavy (non-hydrogen) atoms. The van der Waals surface area contributed by atoms with Gasteiger partial charge in [-0.1, -0.05) is 0 Å². The summed E-state index contributed by atoms with van der Waals surface area (Å²) in [6, 6.07) is 0. The highest BCUT2D eigenvalue weighted by Crippen LogP contribution is 2.32. The number of piperidine rings is 1. The van der Waals surface area contributed by atoms with E-state index in [0.29, 0.717) is 5.92 Å². The van der Waals surface area contributed by atoms with Crippen LogP contribution in [0.5, 0.6) is 0 Å². The van der Waals surface area contributed by atoms with Gasteiger partial charge in [0.25, 0.3) is 0 Å². The summed E-state index contributed by atoms with van der Waals surface area (Å²) in [4.78, 5) is 24.8. The van der Waals surface area contributed by atoms with Crippen molar-refractivity contribution < 1.29 is 0 Å². The van der Waals surface area contributed by atoms with E-state index in [1.165, 1.54) is 0 Å². The molecular formula is C19H23N7. The number of aromatic nitrogens is 6. The molecule has 7 nitrogen and oxygen atoms in total. The second-order valence-corrected chi connectivity index (χ2v) is 6.81. The Morgan fingerprint density at radius 2 is 1.88 bits per heavy atom. The molecule has 4 heterocycles. The Balaban J connectivity index is 1.58. The van der Waals surface area contributed by atoms with Gasteiger partial charge in [-0.3, -0.25) is 24.8 Å². The van der Waals surface area contributed by atoms with Gasteiger partial charge in [0.15, 0.2) is 0 Å². The van der Waals surface area contributed by atoms with E-state index < -0.39 is 0 Å². The minimum absolute atomic E-state index is 0.360. The lowest BCUT2D eigenvalue weighted by Gasteiger charge is -2.32. The summed E-state index contributed by atoms with van der Waals surface area (Å²) < 4.78 is 2.08. The summed E-state index contributed by atoms with van der Waals surface area (Å²) >= 11 is 0. The molecule has 0 radical (unpaired) electrons. The molecule has 3 aromatic heterocycles. The van der Waals surface area contributed by atoms with Crippen LogP contribution in [0.3, 0.4) is 0 Å². The second-order valence-electron chi connectivity index (χ2n) is 6.81. The maximum absolute atomic E-state index is 4.71. The Morgan fingerprint density at radius 3 is 2.65 bits per heavy atom. The quantitative estimate of drug-likeness (QED) is 0.720. The zero-order valence-electron chi connectivity index (χ0n) is 15.2. The van der Waals surface area contributed by atoms with Crippen LogP contribution in [0.4, 0.5) is 0 Å². The monoisotopic (exact) mass is 349 g/mol. The van der Waals surface area contributed by atoms with Gasteiger partial charge in [0.1, 0.15) is 11.5 Å². The van der Waals surface area contributed by atoms with Crippen LogP contribution < -0.4 is 0 Å². The first-order valence-electron chi connectivity index (χ1n) is 8.99. The van der Waals surface area contributed by atoms with Gasteiger partial charge in [-0.2, -0.15) is 0 Å². The van der Waals surface area contributed by atoms with Gasteiger partial charge in [-0.25, -0.2) is 4.98 Å². The van der Waals surface area contributed by atoms with Crippen molar-refractivity contribution in [2.45, 2.75) is 32.2 Å². The SMILES string of the molecule is Cc1ncc(-c2nccnc2[C@H]2CCCN(Cc3cnccn3)C2)n1C. The summed E-state index contributed by atoms with van der Waals surface area (Å²) in [6.45, 7) is 4.86. The lowest BCUT2D eigenvalue weighted by atomic mass is 9.92. The van der Waals surface area contributed by atoms with Crippen molar-refractivity contribution in [3.8, 4) is 11.4 Å². The molecule has 0 saturated carbocycles. The third-order valence-corrected chi connectivity index (χ3v) is 5.08. The van der Waals surface area contributed by atoms with E-state index in [2.05, 4.69) is 29.4 Å². The van der Waals surface area contributed by atoms with E-state index in [0.717, 1.165) is 61.1 Å². The van der Waals surface area contributed by atoms with E-state index in [4.69, 9.17) is 4.98 Å². The maximum Gasteiger partial charge on any atom is 0.110 e. The molecule has 3 aromatic rings. The van der Waals surface area contributed by atoms with Gasteiger partial charge in [0.2, 0.25) is 0 Å². The number of likely N-dealkylation sites (tertiary alicyclic amines) is 1. The number of nitrogens with zero attached hydrogens (tertiary/aromatic N) is 7. The molecule has 4 rings (SSSR count). The normalized spacial score (nSPS) is 18.2. The molecule has 0 N–H and O–H groups in total. The van der Waals surface area contributed by atoms with Gasteiger partial charge >= 0.3 is 0 Å². The van der Waals surface area contributed by atoms with Crippen LogP contribution in [0.2, 0.25) is 0 Å². The van der Waals surface area contributed by atoms with Crippen molar-refractivity contribution in [3.63, 3.8) is 0 Å². The minimum Gasteiger partial charge on any atom is -0.330 e. The maximum atomic E-state index is 4.71. The zero-order valence-corrected chi connectivity index (χ0v) is 15.2. The fourth-order valence-corrected chi connectivity index (χ4v) is 3.63. The smallest absolute Gasteiger partial charge is 0.110 e. The first-order valence-corrected chi connectivity index (χ1v) is 8.99. The Bertz CT molecular complexity index is 875. The molecule has 1 atom stereocenters. The lowest BCUT2D eigenvalue weighted by Crippen LogP contribution is -2.34. The molecule has 1 aliphatic rings. The van der Waals surface area contributed by atoms with E-state index in [1.807, 2.05) is 26.4 Å². The fraction of sp³-hybridized carbons (Fsp3) is 0.421. The molecule has 0 aromatic carbocycles. The fourth-order valence-electron chi connectivity index (χ4n) is 3.63. The van der Waals surface area contributed by atoms with Crippen molar-refractivity contribution in [1.29, 1.82) is 0 Å². The van der Waals surface area contributed by atoms with Gasteiger partial charge < -0.3 is 4.57 Å². The third kappa shape index (κ3) is 3.35. The molecule has 1 saturated heterocycles. The summed E-state index contributed by atoms with van der Waals surface area (Å²) in [5, 5.41) is 0. The molecule has 0 bridgehead atoms. The number of aryl methyl sites for hydroxylation is 1. The number of imidazole rings is 1. The topological polar surface area (TPSA) is 72.6 Å². The highest BCUT2D eigenvalue weighted by Gasteiger charge is 2.26. The predicted molar refractivity (Wildman–Crippen MR) is 98.3 cm³/mol. The van der Waals surface area contributed by atoms with Crippen LogP contribution in [-0.4, -0.2) is 47.5 Å². The molecule has 0 unspecified atom stereocenters. The minimum atomic E-state index is 0.360. The van der Waals surface area contributed by atoms with Crippen molar-refractivity contribution in [2.75, 3.05) is 13.1 Å². The van der Waals surface area contributed by atoms with E-state index in [-0.39, 0.29) is 0 Å². The molecule has 1 fully saturated rings. The van der Waals surface area contributed by atoms with Crippen molar-refractivity contribution in [3.05, 3.63) is 54.4 Å². The number of rotatable bonds is 4. The Morgan fingerprint density at radius 1 is 1.04 bits per heavy atom. The Hall–Kier alpha value is -2.67. The Kier molecular flexibility index (Phi) is 4.71. The van der Waals surface area contributed by atoms with Gasteiger partial charge in [0.05, 0.1) is 23.3 Å². The van der Waals surface area contributed by atoms with Crippen molar-refractivity contribution in [2.24, 2.45) is 7.05 Å². The van der Waals surface area contributed by atoms with Crippen LogP contribution in [0.15, 0.2) is 37.2 Å².